The second-order valence-electron chi connectivity index (χ2n) is 5.24. The van der Waals surface area contributed by atoms with Gasteiger partial charge >= 0.3 is 0 Å². The topological polar surface area (TPSA) is 41.1 Å². The fourth-order valence-electron chi connectivity index (χ4n) is 2.48. The molecular formula is C15H22N2O. The van der Waals surface area contributed by atoms with Crippen molar-refractivity contribution < 1.29 is 4.79 Å². The maximum atomic E-state index is 11.8. The van der Waals surface area contributed by atoms with Crippen LogP contribution in [0.15, 0.2) is 30.3 Å². The van der Waals surface area contributed by atoms with Gasteiger partial charge in [-0.3, -0.25) is 4.79 Å². The predicted octanol–water partition coefficient (Wildman–Crippen LogP) is 1.90. The van der Waals surface area contributed by atoms with Gasteiger partial charge in [0.05, 0.1) is 0 Å². The average Bonchev–Trinajstić information content (AvgIpc) is 2.34. The van der Waals surface area contributed by atoms with E-state index in [4.69, 9.17) is 0 Å². The molecule has 0 heterocycles. The minimum absolute atomic E-state index is 0.0470. The van der Waals surface area contributed by atoms with Crippen molar-refractivity contribution in [3.63, 3.8) is 0 Å². The summed E-state index contributed by atoms with van der Waals surface area (Å²) in [5.41, 5.74) is 1.39. The minimum Gasteiger partial charge on any atom is -0.353 e. The quantitative estimate of drug-likeness (QED) is 0.833. The van der Waals surface area contributed by atoms with Crippen molar-refractivity contribution in [2.75, 3.05) is 13.6 Å². The van der Waals surface area contributed by atoms with Crippen molar-refractivity contribution in [3.8, 4) is 0 Å². The standard InChI is InChI=1S/C15H22N2O/c1-11(10-16-2)15(18)17-14-8-13(9-14)12-6-4-3-5-7-12/h3-7,11,13-14,16H,8-10H2,1-2H3,(H,17,18). The lowest BCUT2D eigenvalue weighted by Crippen LogP contribution is -2.46. The Hall–Kier alpha value is -1.35. The van der Waals surface area contributed by atoms with Crippen LogP contribution in [0.2, 0.25) is 0 Å². The van der Waals surface area contributed by atoms with Gasteiger partial charge < -0.3 is 10.6 Å². The zero-order chi connectivity index (χ0) is 13.0. The van der Waals surface area contributed by atoms with Crippen LogP contribution in [-0.4, -0.2) is 25.5 Å². The molecule has 1 aliphatic carbocycles. The highest BCUT2D eigenvalue weighted by atomic mass is 16.1. The Balaban J connectivity index is 1.75. The fraction of sp³-hybridized carbons (Fsp3) is 0.533. The van der Waals surface area contributed by atoms with E-state index in [2.05, 4.69) is 34.9 Å². The van der Waals surface area contributed by atoms with E-state index in [0.717, 1.165) is 19.4 Å². The highest BCUT2D eigenvalue weighted by Gasteiger charge is 2.31. The maximum Gasteiger partial charge on any atom is 0.224 e. The van der Waals surface area contributed by atoms with Crippen molar-refractivity contribution >= 4 is 5.91 Å². The lowest BCUT2D eigenvalue weighted by molar-refractivity contribution is -0.125. The maximum absolute atomic E-state index is 11.8. The summed E-state index contributed by atoms with van der Waals surface area (Å²) in [6.45, 7) is 2.69. The zero-order valence-corrected chi connectivity index (χ0v) is 11.1. The first-order valence-corrected chi connectivity index (χ1v) is 6.70. The lowest BCUT2D eigenvalue weighted by atomic mass is 9.76. The molecule has 1 aromatic carbocycles. The number of rotatable bonds is 5. The smallest absolute Gasteiger partial charge is 0.224 e. The second kappa shape index (κ2) is 6.01. The second-order valence-corrected chi connectivity index (χ2v) is 5.24. The van der Waals surface area contributed by atoms with Gasteiger partial charge in [-0.25, -0.2) is 0 Å². The Bertz CT molecular complexity index is 385. The van der Waals surface area contributed by atoms with Crippen LogP contribution in [0.25, 0.3) is 0 Å². The molecule has 1 amide bonds. The molecule has 98 valence electrons. The SMILES string of the molecule is CNCC(C)C(=O)NC1CC(c2ccccc2)C1. The summed E-state index contributed by atoms with van der Waals surface area (Å²) in [6.07, 6.45) is 2.14. The molecule has 1 fully saturated rings. The van der Waals surface area contributed by atoms with Gasteiger partial charge in [-0.1, -0.05) is 37.3 Å². The summed E-state index contributed by atoms with van der Waals surface area (Å²) >= 11 is 0. The molecule has 0 aromatic heterocycles. The first-order valence-electron chi connectivity index (χ1n) is 6.70. The monoisotopic (exact) mass is 246 g/mol. The molecule has 0 saturated heterocycles. The van der Waals surface area contributed by atoms with E-state index in [0.29, 0.717) is 12.0 Å². The average molecular weight is 246 g/mol. The molecule has 0 radical (unpaired) electrons. The Morgan fingerprint density at radius 3 is 2.61 bits per heavy atom. The number of nitrogens with one attached hydrogen (secondary N) is 2. The van der Waals surface area contributed by atoms with Gasteiger partial charge in [0.25, 0.3) is 0 Å². The van der Waals surface area contributed by atoms with Crippen molar-refractivity contribution in [2.24, 2.45) is 5.92 Å². The van der Waals surface area contributed by atoms with Gasteiger partial charge in [0.2, 0.25) is 5.91 Å². The van der Waals surface area contributed by atoms with Gasteiger partial charge in [0.1, 0.15) is 0 Å². The van der Waals surface area contributed by atoms with Crippen LogP contribution in [0.1, 0.15) is 31.2 Å². The van der Waals surface area contributed by atoms with E-state index in [1.807, 2.05) is 20.0 Å². The van der Waals surface area contributed by atoms with Crippen LogP contribution in [0, 0.1) is 5.92 Å². The van der Waals surface area contributed by atoms with Crippen LogP contribution in [0.3, 0.4) is 0 Å². The van der Waals surface area contributed by atoms with Crippen molar-refractivity contribution in [3.05, 3.63) is 35.9 Å². The van der Waals surface area contributed by atoms with Gasteiger partial charge in [0.15, 0.2) is 0 Å². The Morgan fingerprint density at radius 2 is 2.00 bits per heavy atom. The molecule has 0 spiro atoms. The number of carbonyl (C=O) groups excluding carboxylic acids is 1. The van der Waals surface area contributed by atoms with Gasteiger partial charge in [0, 0.05) is 18.5 Å². The molecule has 1 aromatic rings. The van der Waals surface area contributed by atoms with Gasteiger partial charge in [-0.05, 0) is 31.4 Å². The van der Waals surface area contributed by atoms with Crippen LogP contribution in [0.4, 0.5) is 0 Å². The molecule has 1 saturated carbocycles. The molecule has 1 unspecified atom stereocenters. The molecule has 1 aliphatic rings. The Morgan fingerprint density at radius 1 is 1.33 bits per heavy atom. The molecule has 3 nitrogen and oxygen atoms in total. The third kappa shape index (κ3) is 3.10. The molecule has 18 heavy (non-hydrogen) atoms. The summed E-state index contributed by atoms with van der Waals surface area (Å²) in [6, 6.07) is 10.9. The zero-order valence-electron chi connectivity index (χ0n) is 11.1. The van der Waals surface area contributed by atoms with Crippen molar-refractivity contribution in [1.29, 1.82) is 0 Å². The molecule has 1 atom stereocenters. The molecule has 2 N–H and O–H groups in total. The molecular weight excluding hydrogens is 224 g/mol. The van der Waals surface area contributed by atoms with Crippen molar-refractivity contribution in [1.82, 2.24) is 10.6 Å². The van der Waals surface area contributed by atoms with Crippen molar-refractivity contribution in [2.45, 2.75) is 31.7 Å². The van der Waals surface area contributed by atoms with Crippen LogP contribution < -0.4 is 10.6 Å². The Kier molecular flexibility index (Phi) is 4.37. The highest BCUT2D eigenvalue weighted by molar-refractivity contribution is 5.78. The van der Waals surface area contributed by atoms with Crippen LogP contribution in [0.5, 0.6) is 0 Å². The first-order chi connectivity index (χ1) is 8.70. The van der Waals surface area contributed by atoms with E-state index in [9.17, 15) is 4.79 Å². The van der Waals surface area contributed by atoms with Crippen LogP contribution in [-0.2, 0) is 4.79 Å². The first kappa shape index (κ1) is 13.1. The van der Waals surface area contributed by atoms with Gasteiger partial charge in [-0.15, -0.1) is 0 Å². The summed E-state index contributed by atoms with van der Waals surface area (Å²) in [5.74, 6) is 0.836. The minimum atomic E-state index is 0.0470. The third-order valence-electron chi connectivity index (χ3n) is 3.71. The third-order valence-corrected chi connectivity index (χ3v) is 3.71. The van der Waals surface area contributed by atoms with Gasteiger partial charge in [-0.2, -0.15) is 0 Å². The number of carbonyl (C=O) groups is 1. The largest absolute Gasteiger partial charge is 0.353 e. The van der Waals surface area contributed by atoms with Crippen LogP contribution >= 0.6 is 0 Å². The summed E-state index contributed by atoms with van der Waals surface area (Å²) < 4.78 is 0. The summed E-state index contributed by atoms with van der Waals surface area (Å²) in [4.78, 5) is 11.8. The molecule has 0 bridgehead atoms. The summed E-state index contributed by atoms with van der Waals surface area (Å²) in [7, 11) is 1.87. The Labute approximate surface area is 109 Å². The summed E-state index contributed by atoms with van der Waals surface area (Å²) in [5, 5.41) is 6.15. The van der Waals surface area contributed by atoms with E-state index < -0.39 is 0 Å². The number of hydrogen-bond acceptors (Lipinski definition) is 2. The van der Waals surface area contributed by atoms with E-state index in [1.165, 1.54) is 5.56 Å². The molecule has 0 aliphatic heterocycles. The van der Waals surface area contributed by atoms with E-state index in [-0.39, 0.29) is 11.8 Å². The normalized spacial score (nSPS) is 24.1. The van der Waals surface area contributed by atoms with E-state index >= 15 is 0 Å². The lowest BCUT2D eigenvalue weighted by Gasteiger charge is -2.36. The highest BCUT2D eigenvalue weighted by Crippen LogP contribution is 2.36. The molecule has 2 rings (SSSR count). The number of hydrogen-bond donors (Lipinski definition) is 2. The molecule has 3 heteroatoms. The van der Waals surface area contributed by atoms with E-state index in [1.54, 1.807) is 0 Å². The number of benzene rings is 1. The number of amides is 1. The fourth-order valence-corrected chi connectivity index (χ4v) is 2.48. The predicted molar refractivity (Wildman–Crippen MR) is 73.4 cm³/mol.